The Labute approximate surface area is 132 Å². The molecule has 1 aromatic heterocycles. The van der Waals surface area contributed by atoms with E-state index in [4.69, 9.17) is 4.42 Å². The minimum absolute atomic E-state index is 0.257. The van der Waals surface area contributed by atoms with E-state index in [2.05, 4.69) is 15.6 Å². The van der Waals surface area contributed by atoms with Crippen LogP contribution in [0.4, 0.5) is 15.8 Å². The van der Waals surface area contributed by atoms with Crippen molar-refractivity contribution in [3.8, 4) is 0 Å². The number of fused-ring (bicyclic) bond motifs is 1. The Hall–Kier alpha value is -2.89. The smallest absolute Gasteiger partial charge is 0.246 e. The van der Waals surface area contributed by atoms with E-state index in [1.807, 2.05) is 12.1 Å². The normalized spacial score (nSPS) is 12.1. The predicted octanol–water partition coefficient (Wildman–Crippen LogP) is 3.71. The van der Waals surface area contributed by atoms with Crippen LogP contribution < -0.4 is 10.6 Å². The van der Waals surface area contributed by atoms with E-state index >= 15 is 0 Å². The highest BCUT2D eigenvalue weighted by Crippen LogP contribution is 2.20. The zero-order chi connectivity index (χ0) is 16.4. The fourth-order valence-electron chi connectivity index (χ4n) is 2.26. The topological polar surface area (TPSA) is 67.2 Å². The van der Waals surface area contributed by atoms with Gasteiger partial charge in [0.05, 0.1) is 0 Å². The molecule has 0 saturated carbocycles. The molecule has 1 unspecified atom stereocenters. The molecule has 1 heterocycles. The summed E-state index contributed by atoms with van der Waals surface area (Å²) in [5.41, 5.74) is 2.61. The number of aromatic nitrogens is 1. The average Bonchev–Trinajstić information content (AvgIpc) is 2.86. The van der Waals surface area contributed by atoms with Gasteiger partial charge >= 0.3 is 0 Å². The Balaban J connectivity index is 1.69. The number of amides is 1. The lowest BCUT2D eigenvalue weighted by molar-refractivity contribution is -0.116. The molecule has 3 aromatic rings. The van der Waals surface area contributed by atoms with Gasteiger partial charge in [0, 0.05) is 18.3 Å². The van der Waals surface area contributed by atoms with Crippen LogP contribution >= 0.6 is 0 Å². The predicted molar refractivity (Wildman–Crippen MR) is 86.9 cm³/mol. The van der Waals surface area contributed by atoms with Gasteiger partial charge in [-0.3, -0.25) is 4.79 Å². The molecular formula is C17H16FN3O2. The third-order valence-electron chi connectivity index (χ3n) is 3.36. The van der Waals surface area contributed by atoms with Crippen LogP contribution in [0.15, 0.2) is 46.9 Å². The summed E-state index contributed by atoms with van der Waals surface area (Å²) < 4.78 is 18.5. The number of hydrogen-bond acceptors (Lipinski definition) is 4. The highest BCUT2D eigenvalue weighted by molar-refractivity contribution is 5.96. The molecule has 23 heavy (non-hydrogen) atoms. The van der Waals surface area contributed by atoms with Crippen molar-refractivity contribution >= 4 is 28.4 Å². The molecule has 0 radical (unpaired) electrons. The molecule has 2 aromatic carbocycles. The number of nitrogens with one attached hydrogen (secondary N) is 2. The molecule has 0 saturated heterocycles. The standard InChI is InChI=1S/C17H16FN3O2/c1-10(17(22)21-13-5-3-4-12(18)8-13)19-14-6-7-16-15(9-14)20-11(2)23-16/h3-10,19H,1-2H3,(H,21,22). The Bertz CT molecular complexity index is 860. The summed E-state index contributed by atoms with van der Waals surface area (Å²) in [7, 11) is 0. The first kappa shape index (κ1) is 15.0. The fraction of sp³-hybridized carbons (Fsp3) is 0.176. The van der Waals surface area contributed by atoms with E-state index in [1.54, 1.807) is 32.0 Å². The zero-order valence-electron chi connectivity index (χ0n) is 12.8. The second-order valence-corrected chi connectivity index (χ2v) is 5.28. The van der Waals surface area contributed by atoms with Crippen molar-refractivity contribution < 1.29 is 13.6 Å². The van der Waals surface area contributed by atoms with Crippen LogP contribution in [0.1, 0.15) is 12.8 Å². The largest absolute Gasteiger partial charge is 0.441 e. The van der Waals surface area contributed by atoms with E-state index in [9.17, 15) is 9.18 Å². The van der Waals surface area contributed by atoms with Gasteiger partial charge in [0.15, 0.2) is 11.5 Å². The highest BCUT2D eigenvalue weighted by atomic mass is 19.1. The lowest BCUT2D eigenvalue weighted by Crippen LogP contribution is -2.31. The van der Waals surface area contributed by atoms with Gasteiger partial charge in [0.2, 0.25) is 5.91 Å². The number of carbonyl (C=O) groups is 1. The van der Waals surface area contributed by atoms with Crippen molar-refractivity contribution in [1.82, 2.24) is 4.98 Å². The zero-order valence-corrected chi connectivity index (χ0v) is 12.8. The number of carbonyl (C=O) groups excluding carboxylic acids is 1. The molecule has 5 nitrogen and oxygen atoms in total. The Morgan fingerprint density at radius 2 is 2.04 bits per heavy atom. The molecule has 0 spiro atoms. The van der Waals surface area contributed by atoms with Gasteiger partial charge in [0.1, 0.15) is 17.4 Å². The first-order chi connectivity index (χ1) is 11.0. The van der Waals surface area contributed by atoms with E-state index in [-0.39, 0.29) is 5.91 Å². The number of halogens is 1. The molecule has 0 fully saturated rings. The van der Waals surface area contributed by atoms with E-state index in [1.165, 1.54) is 12.1 Å². The number of anilines is 2. The molecule has 0 bridgehead atoms. The Kier molecular flexibility index (Phi) is 3.97. The summed E-state index contributed by atoms with van der Waals surface area (Å²) in [4.78, 5) is 16.4. The average molecular weight is 313 g/mol. The van der Waals surface area contributed by atoms with E-state index in [0.717, 1.165) is 11.2 Å². The van der Waals surface area contributed by atoms with Gasteiger partial charge in [0.25, 0.3) is 0 Å². The van der Waals surface area contributed by atoms with E-state index in [0.29, 0.717) is 17.2 Å². The number of rotatable bonds is 4. The molecule has 1 atom stereocenters. The van der Waals surface area contributed by atoms with Crippen LogP contribution in [0.3, 0.4) is 0 Å². The molecule has 118 valence electrons. The first-order valence-corrected chi connectivity index (χ1v) is 7.21. The molecular weight excluding hydrogens is 297 g/mol. The summed E-state index contributed by atoms with van der Waals surface area (Å²) in [6.07, 6.45) is 0. The third-order valence-corrected chi connectivity index (χ3v) is 3.36. The highest BCUT2D eigenvalue weighted by Gasteiger charge is 2.14. The number of benzene rings is 2. The molecule has 6 heteroatoms. The number of oxazole rings is 1. The van der Waals surface area contributed by atoms with Crippen molar-refractivity contribution in [3.63, 3.8) is 0 Å². The van der Waals surface area contributed by atoms with Crippen LogP contribution in [0.5, 0.6) is 0 Å². The maximum absolute atomic E-state index is 13.1. The first-order valence-electron chi connectivity index (χ1n) is 7.21. The lowest BCUT2D eigenvalue weighted by atomic mass is 10.2. The molecule has 3 rings (SSSR count). The molecule has 1 amide bonds. The monoisotopic (exact) mass is 313 g/mol. The van der Waals surface area contributed by atoms with Gasteiger partial charge < -0.3 is 15.1 Å². The number of nitrogens with zero attached hydrogens (tertiary/aromatic N) is 1. The van der Waals surface area contributed by atoms with Crippen LogP contribution in [0.2, 0.25) is 0 Å². The maximum atomic E-state index is 13.1. The summed E-state index contributed by atoms with van der Waals surface area (Å²) in [5.74, 6) is -0.0589. The van der Waals surface area contributed by atoms with Crippen molar-refractivity contribution in [3.05, 3.63) is 54.2 Å². The van der Waals surface area contributed by atoms with Gasteiger partial charge in [-0.2, -0.15) is 0 Å². The quantitative estimate of drug-likeness (QED) is 0.770. The van der Waals surface area contributed by atoms with Crippen LogP contribution in [0, 0.1) is 12.7 Å². The summed E-state index contributed by atoms with van der Waals surface area (Å²) in [5, 5.41) is 5.76. The minimum Gasteiger partial charge on any atom is -0.441 e. The summed E-state index contributed by atoms with van der Waals surface area (Å²) in [6.45, 7) is 3.51. The molecule has 0 aliphatic carbocycles. The second-order valence-electron chi connectivity index (χ2n) is 5.28. The van der Waals surface area contributed by atoms with Crippen LogP contribution in [-0.4, -0.2) is 16.9 Å². The van der Waals surface area contributed by atoms with Crippen molar-refractivity contribution in [1.29, 1.82) is 0 Å². The van der Waals surface area contributed by atoms with Gasteiger partial charge in [-0.25, -0.2) is 9.37 Å². The Morgan fingerprint density at radius 1 is 1.22 bits per heavy atom. The van der Waals surface area contributed by atoms with Crippen molar-refractivity contribution in [2.75, 3.05) is 10.6 Å². The third kappa shape index (κ3) is 3.48. The van der Waals surface area contributed by atoms with Crippen molar-refractivity contribution in [2.45, 2.75) is 19.9 Å². The molecule has 0 aliphatic rings. The maximum Gasteiger partial charge on any atom is 0.246 e. The fourth-order valence-corrected chi connectivity index (χ4v) is 2.26. The second kappa shape index (κ2) is 6.08. The number of hydrogen-bond donors (Lipinski definition) is 2. The van der Waals surface area contributed by atoms with E-state index < -0.39 is 11.9 Å². The molecule has 2 N–H and O–H groups in total. The Morgan fingerprint density at radius 3 is 2.83 bits per heavy atom. The van der Waals surface area contributed by atoms with Crippen LogP contribution in [0.25, 0.3) is 11.1 Å². The van der Waals surface area contributed by atoms with Gasteiger partial charge in [-0.15, -0.1) is 0 Å². The summed E-state index contributed by atoms with van der Waals surface area (Å²) >= 11 is 0. The summed E-state index contributed by atoms with van der Waals surface area (Å²) in [6, 6.07) is 10.7. The van der Waals surface area contributed by atoms with Crippen molar-refractivity contribution in [2.24, 2.45) is 0 Å². The van der Waals surface area contributed by atoms with Crippen LogP contribution in [-0.2, 0) is 4.79 Å². The van der Waals surface area contributed by atoms with Gasteiger partial charge in [-0.1, -0.05) is 6.07 Å². The van der Waals surface area contributed by atoms with Gasteiger partial charge in [-0.05, 0) is 43.3 Å². The minimum atomic E-state index is -0.497. The SMILES string of the molecule is Cc1nc2cc(NC(C)C(=O)Nc3cccc(F)c3)ccc2o1. The molecule has 0 aliphatic heterocycles. The number of aryl methyl sites for hydroxylation is 1. The lowest BCUT2D eigenvalue weighted by Gasteiger charge is -2.15.